The van der Waals surface area contributed by atoms with Gasteiger partial charge in [-0.15, -0.1) is 0 Å². The summed E-state index contributed by atoms with van der Waals surface area (Å²) in [6.45, 7) is 5.67. The van der Waals surface area contributed by atoms with E-state index in [9.17, 15) is 28.0 Å². The number of anilines is 2. The van der Waals surface area contributed by atoms with Gasteiger partial charge in [-0.2, -0.15) is 0 Å². The second-order valence-corrected chi connectivity index (χ2v) is 13.0. The van der Waals surface area contributed by atoms with Gasteiger partial charge in [-0.25, -0.2) is 8.78 Å². The zero-order chi connectivity index (χ0) is 39.7. The summed E-state index contributed by atoms with van der Waals surface area (Å²) in [7, 11) is 2.67. The van der Waals surface area contributed by atoms with Crippen molar-refractivity contribution in [2.45, 2.75) is 39.8 Å². The van der Waals surface area contributed by atoms with Gasteiger partial charge in [-0.3, -0.25) is 19.2 Å². The molecule has 0 bridgehead atoms. The minimum Gasteiger partial charge on any atom is -0.493 e. The summed E-state index contributed by atoms with van der Waals surface area (Å²) in [5, 5.41) is 10.3. The molecule has 12 nitrogen and oxygen atoms in total. The summed E-state index contributed by atoms with van der Waals surface area (Å²) in [6, 6.07) is 12.3. The molecule has 4 amide bonds. The molecular formula is C38H38Cl2F2N4O8. The summed E-state index contributed by atoms with van der Waals surface area (Å²) < 4.78 is 50.9. The molecule has 4 rings (SSSR count). The van der Waals surface area contributed by atoms with Crippen LogP contribution in [0.3, 0.4) is 0 Å². The number of nitrogens with one attached hydrogen (secondary N) is 4. The number of rotatable bonds is 15. The number of ether oxygens (including phenoxy) is 4. The van der Waals surface area contributed by atoms with Gasteiger partial charge >= 0.3 is 0 Å². The van der Waals surface area contributed by atoms with Crippen LogP contribution in [0.15, 0.2) is 60.7 Å². The van der Waals surface area contributed by atoms with Gasteiger partial charge in [0.2, 0.25) is 0 Å². The van der Waals surface area contributed by atoms with Crippen LogP contribution in [0.5, 0.6) is 23.0 Å². The smallest absolute Gasteiger partial charge is 0.262 e. The van der Waals surface area contributed by atoms with Crippen LogP contribution in [-0.2, 0) is 9.59 Å². The molecule has 0 aliphatic heterocycles. The third-order valence-electron chi connectivity index (χ3n) is 7.36. The van der Waals surface area contributed by atoms with E-state index in [-0.39, 0.29) is 78.8 Å². The Morgan fingerprint density at radius 1 is 0.611 bits per heavy atom. The van der Waals surface area contributed by atoms with Crippen molar-refractivity contribution >= 4 is 58.2 Å². The maximum atomic E-state index is 13.9. The monoisotopic (exact) mass is 786 g/mol. The van der Waals surface area contributed by atoms with E-state index in [0.717, 1.165) is 12.1 Å². The van der Waals surface area contributed by atoms with Gasteiger partial charge in [0.1, 0.15) is 11.6 Å². The molecule has 54 heavy (non-hydrogen) atoms. The van der Waals surface area contributed by atoms with Crippen LogP contribution in [0.25, 0.3) is 11.1 Å². The molecule has 0 saturated heterocycles. The number of carbonyl (C=O) groups is 4. The van der Waals surface area contributed by atoms with Gasteiger partial charge < -0.3 is 40.2 Å². The molecule has 0 heterocycles. The molecule has 0 atom stereocenters. The standard InChI is InChI=1S/C38H38Cl2F2N4O8/c1-19(2)43-37(49)23-9-13-29(51-5)35(53-17-31(47)45-21-7-11-27(41)25(39)15-21)33(23)34-24(38(50)44-20(3)4)10-14-30(52-6)36(34)54-18-32(48)46-22-8-12-28(42)26(40)16-22/h7-16,19-20H,17-18H2,1-6H3,(H,43,49)(H,44,50)(H,45,47)(H,46,48). The molecule has 0 spiro atoms. The molecule has 0 aromatic heterocycles. The molecule has 0 aliphatic rings. The van der Waals surface area contributed by atoms with Crippen molar-refractivity contribution in [3.8, 4) is 34.1 Å². The number of hydrogen-bond donors (Lipinski definition) is 4. The highest BCUT2D eigenvalue weighted by atomic mass is 35.5. The SMILES string of the molecule is COc1ccc(C(=O)NC(C)C)c(-c2c(C(=O)NC(C)C)ccc(OC)c2OCC(=O)Nc2ccc(F)c(Cl)c2)c1OCC(=O)Nc1ccc(F)c(Cl)c1. The fraction of sp³-hybridized carbons (Fsp3) is 0.263. The van der Waals surface area contributed by atoms with E-state index in [4.69, 9.17) is 42.1 Å². The summed E-state index contributed by atoms with van der Waals surface area (Å²) >= 11 is 11.8. The van der Waals surface area contributed by atoms with Crippen LogP contribution < -0.4 is 40.2 Å². The molecule has 286 valence electrons. The van der Waals surface area contributed by atoms with Crippen molar-refractivity contribution in [2.24, 2.45) is 0 Å². The molecule has 16 heteroatoms. The highest BCUT2D eigenvalue weighted by Gasteiger charge is 2.31. The van der Waals surface area contributed by atoms with Gasteiger partial charge in [-0.1, -0.05) is 23.2 Å². The van der Waals surface area contributed by atoms with Crippen molar-refractivity contribution in [1.82, 2.24) is 10.6 Å². The normalized spacial score (nSPS) is 10.8. The van der Waals surface area contributed by atoms with Crippen LogP contribution in [0.1, 0.15) is 48.4 Å². The van der Waals surface area contributed by atoms with E-state index in [1.165, 1.54) is 62.8 Å². The fourth-order valence-electron chi connectivity index (χ4n) is 5.11. The lowest BCUT2D eigenvalue weighted by atomic mass is 9.91. The van der Waals surface area contributed by atoms with Crippen LogP contribution in [0, 0.1) is 11.6 Å². The largest absolute Gasteiger partial charge is 0.493 e. The Labute approximate surface area is 320 Å². The molecule has 4 aromatic rings. The number of amides is 4. The van der Waals surface area contributed by atoms with Crippen molar-refractivity contribution in [1.29, 1.82) is 0 Å². The molecule has 0 unspecified atom stereocenters. The Hall–Kier alpha value is -5.60. The minimum absolute atomic E-state index is 0.0210. The third kappa shape index (κ3) is 10.3. The van der Waals surface area contributed by atoms with Crippen LogP contribution in [0.4, 0.5) is 20.2 Å². The van der Waals surface area contributed by atoms with Crippen molar-refractivity contribution in [2.75, 3.05) is 38.1 Å². The van der Waals surface area contributed by atoms with Crippen molar-refractivity contribution < 1.29 is 46.9 Å². The molecule has 0 aliphatic carbocycles. The number of carbonyl (C=O) groups excluding carboxylic acids is 4. The first-order valence-corrected chi connectivity index (χ1v) is 17.2. The zero-order valence-corrected chi connectivity index (χ0v) is 31.6. The topological polar surface area (TPSA) is 153 Å². The van der Waals surface area contributed by atoms with E-state index in [2.05, 4.69) is 21.3 Å². The summed E-state index contributed by atoms with van der Waals surface area (Å²) in [5.74, 6) is -4.12. The molecular weight excluding hydrogens is 749 g/mol. The highest BCUT2D eigenvalue weighted by molar-refractivity contribution is 6.31. The fourth-order valence-corrected chi connectivity index (χ4v) is 5.47. The molecule has 4 N–H and O–H groups in total. The predicted molar refractivity (Wildman–Crippen MR) is 201 cm³/mol. The third-order valence-corrected chi connectivity index (χ3v) is 7.94. The van der Waals surface area contributed by atoms with Crippen molar-refractivity contribution in [3.63, 3.8) is 0 Å². The molecule has 0 fully saturated rings. The Balaban J connectivity index is 1.91. The second-order valence-electron chi connectivity index (χ2n) is 12.2. The highest BCUT2D eigenvalue weighted by Crippen LogP contribution is 2.49. The Kier molecular flexibility index (Phi) is 14.1. The lowest BCUT2D eigenvalue weighted by molar-refractivity contribution is -0.118. The summed E-state index contributed by atoms with van der Waals surface area (Å²) in [4.78, 5) is 54.1. The first-order chi connectivity index (χ1) is 25.6. The maximum absolute atomic E-state index is 13.9. The average Bonchev–Trinajstić information content (AvgIpc) is 3.11. The van der Waals surface area contributed by atoms with E-state index in [0.29, 0.717) is 0 Å². The van der Waals surface area contributed by atoms with E-state index in [1.807, 2.05) is 0 Å². The number of hydrogen-bond acceptors (Lipinski definition) is 8. The Bertz CT molecular complexity index is 1920. The lowest BCUT2D eigenvalue weighted by Crippen LogP contribution is -2.32. The van der Waals surface area contributed by atoms with Gasteiger partial charge in [-0.05, 0) is 88.4 Å². The van der Waals surface area contributed by atoms with E-state index in [1.54, 1.807) is 27.7 Å². The summed E-state index contributed by atoms with van der Waals surface area (Å²) in [6.07, 6.45) is 0. The molecule has 0 saturated carbocycles. The first kappa shape index (κ1) is 41.2. The minimum atomic E-state index is -0.694. The van der Waals surface area contributed by atoms with Crippen LogP contribution >= 0.6 is 23.2 Å². The van der Waals surface area contributed by atoms with E-state index >= 15 is 0 Å². The number of benzene rings is 4. The Morgan fingerprint density at radius 2 is 0.981 bits per heavy atom. The number of methoxy groups -OCH3 is 2. The van der Waals surface area contributed by atoms with Gasteiger partial charge in [0, 0.05) is 34.6 Å². The first-order valence-electron chi connectivity index (χ1n) is 16.4. The summed E-state index contributed by atoms with van der Waals surface area (Å²) in [5.41, 5.74) is 0.242. The molecule has 4 aromatic carbocycles. The predicted octanol–water partition coefficient (Wildman–Crippen LogP) is 7.27. The molecule has 0 radical (unpaired) electrons. The van der Waals surface area contributed by atoms with Gasteiger partial charge in [0.15, 0.2) is 36.2 Å². The van der Waals surface area contributed by atoms with Gasteiger partial charge in [0.05, 0.1) is 35.4 Å². The average molecular weight is 788 g/mol. The van der Waals surface area contributed by atoms with Crippen molar-refractivity contribution in [3.05, 3.63) is 93.5 Å². The van der Waals surface area contributed by atoms with E-state index < -0.39 is 48.5 Å². The Morgan fingerprint density at radius 3 is 1.30 bits per heavy atom. The van der Waals surface area contributed by atoms with Crippen LogP contribution in [-0.4, -0.2) is 63.1 Å². The quantitative estimate of drug-likeness (QED) is 0.0982. The lowest BCUT2D eigenvalue weighted by Gasteiger charge is -2.24. The van der Waals surface area contributed by atoms with Crippen LogP contribution in [0.2, 0.25) is 10.0 Å². The second kappa shape index (κ2) is 18.4. The number of halogens is 4. The van der Waals surface area contributed by atoms with Gasteiger partial charge in [0.25, 0.3) is 23.6 Å². The maximum Gasteiger partial charge on any atom is 0.262 e. The zero-order valence-electron chi connectivity index (χ0n) is 30.1.